The number of carbonyl (C=O) groups excluding carboxylic acids is 3. The molecule has 0 radical (unpaired) electrons. The number of nitrogens with one attached hydrogen (secondary N) is 1. The number of benzene rings is 1. The molecule has 3 rings (SSSR count). The van der Waals surface area contributed by atoms with Gasteiger partial charge in [0.15, 0.2) is 0 Å². The summed E-state index contributed by atoms with van der Waals surface area (Å²) < 4.78 is 17.0. The first kappa shape index (κ1) is 28.8. The molecule has 2 aliphatic rings. The fraction of sp³-hybridized carbons (Fsp3) is 0.690. The smallest absolute Gasteiger partial charge is 0.408 e. The summed E-state index contributed by atoms with van der Waals surface area (Å²) >= 11 is 0. The van der Waals surface area contributed by atoms with Crippen molar-refractivity contribution in [2.24, 2.45) is 5.92 Å². The molecule has 1 fully saturated rings. The van der Waals surface area contributed by atoms with Crippen LogP contribution in [0.25, 0.3) is 0 Å². The Morgan fingerprint density at radius 3 is 2.24 bits per heavy atom. The van der Waals surface area contributed by atoms with Crippen molar-refractivity contribution in [2.75, 3.05) is 6.54 Å². The van der Waals surface area contributed by atoms with Gasteiger partial charge in [-0.05, 0) is 103 Å². The highest BCUT2D eigenvalue weighted by Crippen LogP contribution is 2.30. The van der Waals surface area contributed by atoms with Crippen LogP contribution in [0.1, 0.15) is 91.7 Å². The molecule has 1 saturated carbocycles. The molecule has 0 aromatic heterocycles. The lowest BCUT2D eigenvalue weighted by Crippen LogP contribution is -2.52. The van der Waals surface area contributed by atoms with Gasteiger partial charge in [0.25, 0.3) is 0 Å². The molecule has 1 aromatic rings. The lowest BCUT2D eigenvalue weighted by molar-refractivity contribution is -0.157. The SMILES string of the molecule is CC1CCC(Oc2ccc3c(c2)CCN(C(=O)C(CC(=O)OC(C)(C)C)NC(=O)OC(C)(C)C)C3)CC1. The van der Waals surface area contributed by atoms with E-state index < -0.39 is 29.3 Å². The molecule has 1 heterocycles. The molecule has 1 unspecified atom stereocenters. The maximum Gasteiger partial charge on any atom is 0.408 e. The molecule has 206 valence electrons. The van der Waals surface area contributed by atoms with E-state index in [1.165, 1.54) is 12.8 Å². The monoisotopic (exact) mass is 516 g/mol. The van der Waals surface area contributed by atoms with E-state index in [0.717, 1.165) is 35.6 Å². The molecule has 0 bridgehead atoms. The van der Waals surface area contributed by atoms with Crippen molar-refractivity contribution in [3.05, 3.63) is 29.3 Å². The summed E-state index contributed by atoms with van der Waals surface area (Å²) in [5.74, 6) is 0.764. The fourth-order valence-corrected chi connectivity index (χ4v) is 4.75. The highest BCUT2D eigenvalue weighted by molar-refractivity contribution is 5.90. The number of esters is 1. The number of alkyl carbamates (subject to hydrolysis) is 1. The molecule has 0 saturated heterocycles. The number of rotatable bonds is 6. The van der Waals surface area contributed by atoms with Gasteiger partial charge in [0.05, 0.1) is 12.5 Å². The van der Waals surface area contributed by atoms with Crippen molar-refractivity contribution in [3.8, 4) is 5.75 Å². The zero-order valence-corrected chi connectivity index (χ0v) is 23.5. The minimum Gasteiger partial charge on any atom is -0.490 e. The maximum absolute atomic E-state index is 13.5. The summed E-state index contributed by atoms with van der Waals surface area (Å²) in [5, 5.41) is 2.60. The first-order chi connectivity index (χ1) is 17.2. The summed E-state index contributed by atoms with van der Waals surface area (Å²) in [4.78, 5) is 40.2. The predicted octanol–water partition coefficient (Wildman–Crippen LogP) is 5.15. The van der Waals surface area contributed by atoms with E-state index in [1.807, 2.05) is 12.1 Å². The molecule has 1 aliphatic heterocycles. The van der Waals surface area contributed by atoms with Gasteiger partial charge in [0, 0.05) is 13.1 Å². The molecule has 37 heavy (non-hydrogen) atoms. The van der Waals surface area contributed by atoms with Gasteiger partial charge >= 0.3 is 12.1 Å². The molecule has 2 amide bonds. The highest BCUT2D eigenvalue weighted by atomic mass is 16.6. The van der Waals surface area contributed by atoms with Crippen molar-refractivity contribution >= 4 is 18.0 Å². The average Bonchev–Trinajstić information content (AvgIpc) is 2.77. The van der Waals surface area contributed by atoms with Gasteiger partial charge in [-0.3, -0.25) is 9.59 Å². The number of amides is 2. The molecule has 1 aromatic carbocycles. The predicted molar refractivity (Wildman–Crippen MR) is 141 cm³/mol. The number of carbonyl (C=O) groups is 3. The van der Waals surface area contributed by atoms with Gasteiger partial charge in [-0.2, -0.15) is 0 Å². The second kappa shape index (κ2) is 11.7. The van der Waals surface area contributed by atoms with E-state index in [4.69, 9.17) is 14.2 Å². The maximum atomic E-state index is 13.5. The third kappa shape index (κ3) is 9.24. The van der Waals surface area contributed by atoms with Crippen LogP contribution in [0, 0.1) is 5.92 Å². The van der Waals surface area contributed by atoms with Gasteiger partial charge in [-0.25, -0.2) is 4.79 Å². The Morgan fingerprint density at radius 1 is 0.973 bits per heavy atom. The first-order valence-corrected chi connectivity index (χ1v) is 13.5. The minimum absolute atomic E-state index is 0.267. The van der Waals surface area contributed by atoms with Crippen molar-refractivity contribution in [2.45, 2.75) is 117 Å². The number of ether oxygens (including phenoxy) is 3. The van der Waals surface area contributed by atoms with Crippen LogP contribution in [0.3, 0.4) is 0 Å². The van der Waals surface area contributed by atoms with E-state index in [2.05, 4.69) is 18.3 Å². The number of hydrogen-bond acceptors (Lipinski definition) is 6. The molecule has 1 N–H and O–H groups in total. The fourth-order valence-electron chi connectivity index (χ4n) is 4.75. The van der Waals surface area contributed by atoms with Gasteiger partial charge in [-0.15, -0.1) is 0 Å². The lowest BCUT2D eigenvalue weighted by atomic mass is 9.89. The molecular weight excluding hydrogens is 472 g/mol. The minimum atomic E-state index is -1.08. The average molecular weight is 517 g/mol. The highest BCUT2D eigenvalue weighted by Gasteiger charge is 2.33. The van der Waals surface area contributed by atoms with Crippen LogP contribution in [-0.2, 0) is 32.0 Å². The van der Waals surface area contributed by atoms with Crippen LogP contribution in [0.2, 0.25) is 0 Å². The summed E-state index contributed by atoms with van der Waals surface area (Å²) in [5.41, 5.74) is 0.770. The molecule has 8 nitrogen and oxygen atoms in total. The van der Waals surface area contributed by atoms with Crippen molar-refractivity contribution in [1.82, 2.24) is 10.2 Å². The molecule has 1 atom stereocenters. The first-order valence-electron chi connectivity index (χ1n) is 13.5. The topological polar surface area (TPSA) is 94.2 Å². The molecule has 0 spiro atoms. The Morgan fingerprint density at radius 2 is 1.62 bits per heavy atom. The van der Waals surface area contributed by atoms with E-state index >= 15 is 0 Å². The Bertz CT molecular complexity index is 940. The quantitative estimate of drug-likeness (QED) is 0.525. The standard InChI is InChI=1S/C29H44N2O6/c1-19-8-11-22(12-9-19)35-23-13-10-21-18-31(15-14-20(21)16-23)26(33)24(17-25(32)36-28(2,3)4)30-27(34)37-29(5,6)7/h10,13,16,19,22,24H,8-9,11-12,14-15,17-18H2,1-7H3,(H,30,34). The summed E-state index contributed by atoms with van der Waals surface area (Å²) in [6, 6.07) is 5.00. The normalized spacial score (nSPS) is 20.9. The van der Waals surface area contributed by atoms with Crippen LogP contribution in [0.5, 0.6) is 5.75 Å². The van der Waals surface area contributed by atoms with Gasteiger partial charge < -0.3 is 24.4 Å². The van der Waals surface area contributed by atoms with E-state index in [1.54, 1.807) is 46.4 Å². The largest absolute Gasteiger partial charge is 0.490 e. The van der Waals surface area contributed by atoms with Crippen molar-refractivity contribution in [3.63, 3.8) is 0 Å². The third-order valence-corrected chi connectivity index (χ3v) is 6.55. The lowest BCUT2D eigenvalue weighted by Gasteiger charge is -2.33. The van der Waals surface area contributed by atoms with Crippen LogP contribution >= 0.6 is 0 Å². The van der Waals surface area contributed by atoms with E-state index in [9.17, 15) is 14.4 Å². The Balaban J connectivity index is 1.67. The summed E-state index contributed by atoms with van der Waals surface area (Å²) in [6.07, 6.45) is 4.50. The number of fused-ring (bicyclic) bond motifs is 1. The summed E-state index contributed by atoms with van der Waals surface area (Å²) in [7, 11) is 0. The van der Waals surface area contributed by atoms with Crippen LogP contribution in [0.4, 0.5) is 4.79 Å². The Hall–Kier alpha value is -2.77. The number of nitrogens with zero attached hydrogens (tertiary/aromatic N) is 1. The van der Waals surface area contributed by atoms with E-state index in [0.29, 0.717) is 19.5 Å². The third-order valence-electron chi connectivity index (χ3n) is 6.55. The van der Waals surface area contributed by atoms with Crippen LogP contribution in [0.15, 0.2) is 18.2 Å². The Kier molecular flexibility index (Phi) is 9.13. The van der Waals surface area contributed by atoms with Gasteiger partial charge in [0.1, 0.15) is 23.0 Å². The van der Waals surface area contributed by atoms with Gasteiger partial charge in [-0.1, -0.05) is 13.0 Å². The van der Waals surface area contributed by atoms with Crippen molar-refractivity contribution in [1.29, 1.82) is 0 Å². The summed E-state index contributed by atoms with van der Waals surface area (Å²) in [6.45, 7) is 13.7. The second-order valence-corrected chi connectivity index (χ2v) is 12.4. The van der Waals surface area contributed by atoms with Crippen LogP contribution in [-0.4, -0.2) is 52.8 Å². The van der Waals surface area contributed by atoms with Crippen molar-refractivity contribution < 1.29 is 28.6 Å². The number of hydrogen-bond donors (Lipinski definition) is 1. The Labute approximate surface area is 221 Å². The van der Waals surface area contributed by atoms with Crippen LogP contribution < -0.4 is 10.1 Å². The zero-order valence-electron chi connectivity index (χ0n) is 23.5. The van der Waals surface area contributed by atoms with E-state index in [-0.39, 0.29) is 18.4 Å². The van der Waals surface area contributed by atoms with Gasteiger partial charge in [0.2, 0.25) is 5.91 Å². The second-order valence-electron chi connectivity index (χ2n) is 12.4. The molecular formula is C29H44N2O6. The molecule has 1 aliphatic carbocycles. The zero-order chi connectivity index (χ0) is 27.4. The molecule has 8 heteroatoms.